The van der Waals surface area contributed by atoms with Crippen LogP contribution < -0.4 is 16.5 Å². The van der Waals surface area contributed by atoms with Crippen molar-refractivity contribution in [1.29, 1.82) is 0 Å². The van der Waals surface area contributed by atoms with Gasteiger partial charge < -0.3 is 9.73 Å². The van der Waals surface area contributed by atoms with Crippen LogP contribution in [0.4, 0.5) is 10.1 Å². The average molecular weight is 520 g/mol. The lowest BCUT2D eigenvalue weighted by atomic mass is 10.1. The fraction of sp³-hybridized carbons (Fsp3) is 0.0400. The van der Waals surface area contributed by atoms with Gasteiger partial charge in [-0.15, -0.1) is 0 Å². The summed E-state index contributed by atoms with van der Waals surface area (Å²) >= 11 is 3.33. The summed E-state index contributed by atoms with van der Waals surface area (Å²) in [5.74, 6) is -1.18. The molecular formula is C25H15BrFN3O4. The molecular weight excluding hydrogens is 505 g/mol. The third kappa shape index (κ3) is 3.80. The number of hydrogen-bond donors (Lipinski definition) is 1. The number of benzene rings is 3. The van der Waals surface area contributed by atoms with Gasteiger partial charge in [0.05, 0.1) is 22.3 Å². The van der Waals surface area contributed by atoms with Crippen molar-refractivity contribution in [2.75, 3.05) is 5.32 Å². The molecule has 5 aromatic rings. The first kappa shape index (κ1) is 21.7. The summed E-state index contributed by atoms with van der Waals surface area (Å²) in [5, 5.41) is 3.34. The molecule has 168 valence electrons. The Balaban J connectivity index is 1.56. The van der Waals surface area contributed by atoms with Gasteiger partial charge in [-0.05, 0) is 61.5 Å². The fourth-order valence-electron chi connectivity index (χ4n) is 3.74. The Hall–Kier alpha value is -4.11. The molecule has 0 radical (unpaired) electrons. The molecule has 0 spiro atoms. The Bertz CT molecular complexity index is 1740. The largest absolute Gasteiger partial charge is 0.422 e. The van der Waals surface area contributed by atoms with Crippen molar-refractivity contribution in [3.05, 3.63) is 109 Å². The van der Waals surface area contributed by atoms with Crippen molar-refractivity contribution < 1.29 is 13.6 Å². The van der Waals surface area contributed by atoms with Crippen molar-refractivity contribution in [3.63, 3.8) is 0 Å². The second-order valence-electron chi connectivity index (χ2n) is 7.56. The zero-order valence-corrected chi connectivity index (χ0v) is 19.2. The van der Waals surface area contributed by atoms with Gasteiger partial charge in [-0.25, -0.2) is 14.2 Å². The van der Waals surface area contributed by atoms with Crippen LogP contribution in [0.5, 0.6) is 0 Å². The molecule has 0 bridgehead atoms. The van der Waals surface area contributed by atoms with E-state index in [0.29, 0.717) is 33.4 Å². The minimum atomic E-state index is -0.852. The minimum absolute atomic E-state index is 0.198. The maximum atomic E-state index is 14.6. The molecule has 9 heteroatoms. The molecule has 5 rings (SSSR count). The number of aryl methyl sites for hydroxylation is 1. The number of aromatic nitrogens is 2. The molecule has 2 aromatic heterocycles. The van der Waals surface area contributed by atoms with Gasteiger partial charge in [-0.2, -0.15) is 0 Å². The predicted molar refractivity (Wildman–Crippen MR) is 130 cm³/mol. The highest BCUT2D eigenvalue weighted by atomic mass is 79.9. The Morgan fingerprint density at radius 1 is 1.06 bits per heavy atom. The van der Waals surface area contributed by atoms with Crippen LogP contribution in [0.1, 0.15) is 16.2 Å². The number of hydrogen-bond acceptors (Lipinski definition) is 5. The number of fused-ring (bicyclic) bond motifs is 2. The second kappa shape index (κ2) is 8.35. The van der Waals surface area contributed by atoms with E-state index in [4.69, 9.17) is 4.42 Å². The quantitative estimate of drug-likeness (QED) is 0.340. The highest BCUT2D eigenvalue weighted by Gasteiger charge is 2.17. The van der Waals surface area contributed by atoms with Gasteiger partial charge in [0.15, 0.2) is 0 Å². The number of halogens is 2. The molecule has 0 aliphatic heterocycles. The van der Waals surface area contributed by atoms with Crippen molar-refractivity contribution in [2.45, 2.75) is 6.92 Å². The number of anilines is 1. The fourth-order valence-corrected chi connectivity index (χ4v) is 4.12. The van der Waals surface area contributed by atoms with Gasteiger partial charge >= 0.3 is 5.63 Å². The summed E-state index contributed by atoms with van der Waals surface area (Å²) in [6.07, 6.45) is 0. The number of para-hydroxylation sites is 1. The first-order chi connectivity index (χ1) is 16.3. The van der Waals surface area contributed by atoms with E-state index in [-0.39, 0.29) is 16.8 Å². The standard InChI is InChI=1S/C25H15BrFN3O4/c1-13-28-20-5-3-2-4-17(20)24(32)30(13)16-7-8-19(27)21(12-16)29-23(31)18-11-14-10-15(26)6-9-22(14)34-25(18)33/h2-12H,1H3,(H,29,31). The highest BCUT2D eigenvalue weighted by Crippen LogP contribution is 2.22. The van der Waals surface area contributed by atoms with Crippen LogP contribution in [-0.2, 0) is 0 Å². The summed E-state index contributed by atoms with van der Waals surface area (Å²) in [6, 6.07) is 17.1. The summed E-state index contributed by atoms with van der Waals surface area (Å²) in [6.45, 7) is 1.66. The van der Waals surface area contributed by atoms with Gasteiger partial charge in [0.25, 0.3) is 11.5 Å². The summed E-state index contributed by atoms with van der Waals surface area (Å²) in [7, 11) is 0. The lowest BCUT2D eigenvalue weighted by Crippen LogP contribution is -2.23. The van der Waals surface area contributed by atoms with E-state index < -0.39 is 17.3 Å². The second-order valence-corrected chi connectivity index (χ2v) is 8.48. The SMILES string of the molecule is Cc1nc2ccccc2c(=O)n1-c1ccc(F)c(NC(=O)c2cc3cc(Br)ccc3oc2=O)c1. The number of amides is 1. The third-order valence-corrected chi connectivity index (χ3v) is 5.83. The first-order valence-electron chi connectivity index (χ1n) is 10.1. The molecule has 1 amide bonds. The highest BCUT2D eigenvalue weighted by molar-refractivity contribution is 9.10. The van der Waals surface area contributed by atoms with E-state index in [9.17, 15) is 18.8 Å². The Labute approximate surface area is 199 Å². The monoisotopic (exact) mass is 519 g/mol. The first-order valence-corrected chi connectivity index (χ1v) is 10.9. The molecule has 1 N–H and O–H groups in total. The van der Waals surface area contributed by atoms with Crippen LogP contribution in [0, 0.1) is 12.7 Å². The van der Waals surface area contributed by atoms with E-state index in [1.807, 2.05) is 0 Å². The number of nitrogens with one attached hydrogen (secondary N) is 1. The van der Waals surface area contributed by atoms with E-state index >= 15 is 0 Å². The van der Waals surface area contributed by atoms with Crippen LogP contribution in [-0.4, -0.2) is 15.5 Å². The molecule has 3 aromatic carbocycles. The molecule has 7 nitrogen and oxygen atoms in total. The summed E-state index contributed by atoms with van der Waals surface area (Å²) in [5.41, 5.74) is -0.482. The van der Waals surface area contributed by atoms with E-state index in [2.05, 4.69) is 26.2 Å². The van der Waals surface area contributed by atoms with Crippen LogP contribution in [0.15, 0.2) is 85.2 Å². The van der Waals surface area contributed by atoms with Crippen molar-refractivity contribution in [1.82, 2.24) is 9.55 Å². The van der Waals surface area contributed by atoms with Gasteiger partial charge in [0.2, 0.25) is 0 Å². The maximum absolute atomic E-state index is 14.6. The Kier molecular flexibility index (Phi) is 5.33. The van der Waals surface area contributed by atoms with Crippen molar-refractivity contribution in [2.24, 2.45) is 0 Å². The molecule has 34 heavy (non-hydrogen) atoms. The smallest absolute Gasteiger partial charge is 0.349 e. The van der Waals surface area contributed by atoms with Gasteiger partial charge in [-0.3, -0.25) is 14.2 Å². The topological polar surface area (TPSA) is 94.2 Å². The zero-order chi connectivity index (χ0) is 24.0. The Morgan fingerprint density at radius 2 is 1.85 bits per heavy atom. The molecule has 0 atom stereocenters. The average Bonchev–Trinajstić information content (AvgIpc) is 2.81. The normalized spacial score (nSPS) is 11.1. The third-order valence-electron chi connectivity index (χ3n) is 5.34. The number of carbonyl (C=O) groups excluding carboxylic acids is 1. The number of nitrogens with zero attached hydrogens (tertiary/aromatic N) is 2. The molecule has 0 saturated heterocycles. The predicted octanol–water partition coefficient (Wildman–Crippen LogP) is 4.95. The van der Waals surface area contributed by atoms with Crippen LogP contribution in [0.2, 0.25) is 0 Å². The van der Waals surface area contributed by atoms with Crippen molar-refractivity contribution in [3.8, 4) is 5.69 Å². The zero-order valence-electron chi connectivity index (χ0n) is 17.6. The Morgan fingerprint density at radius 3 is 2.68 bits per heavy atom. The van der Waals surface area contributed by atoms with Gasteiger partial charge in [-0.1, -0.05) is 28.1 Å². The number of carbonyl (C=O) groups is 1. The van der Waals surface area contributed by atoms with Crippen molar-refractivity contribution >= 4 is 49.4 Å². The van der Waals surface area contributed by atoms with Crippen LogP contribution >= 0.6 is 15.9 Å². The minimum Gasteiger partial charge on any atom is -0.422 e. The lowest BCUT2D eigenvalue weighted by molar-refractivity contribution is 0.102. The van der Waals surface area contributed by atoms with Crippen LogP contribution in [0.3, 0.4) is 0 Å². The molecule has 0 fully saturated rings. The molecule has 2 heterocycles. The van der Waals surface area contributed by atoms with E-state index in [0.717, 1.165) is 10.5 Å². The summed E-state index contributed by atoms with van der Waals surface area (Å²) in [4.78, 5) is 42.7. The van der Waals surface area contributed by atoms with E-state index in [1.165, 1.54) is 22.8 Å². The molecule has 0 aliphatic rings. The molecule has 0 saturated carbocycles. The van der Waals surface area contributed by atoms with E-state index in [1.54, 1.807) is 49.4 Å². The molecule has 0 unspecified atom stereocenters. The molecule has 0 aliphatic carbocycles. The van der Waals surface area contributed by atoms with Crippen LogP contribution in [0.25, 0.3) is 27.6 Å². The number of rotatable bonds is 3. The summed E-state index contributed by atoms with van der Waals surface area (Å²) < 4.78 is 21.9. The lowest BCUT2D eigenvalue weighted by Gasteiger charge is -2.13. The van der Waals surface area contributed by atoms with Gasteiger partial charge in [0.1, 0.15) is 22.8 Å². The van der Waals surface area contributed by atoms with Gasteiger partial charge in [0, 0.05) is 9.86 Å². The maximum Gasteiger partial charge on any atom is 0.349 e.